The number of fused-ring (bicyclic) bond motifs is 1. The normalized spacial score (nSPS) is 16.3. The summed E-state index contributed by atoms with van der Waals surface area (Å²) in [7, 11) is -3.52. The SMILES string of the molecule is O=C(c1c[nH]c(S(=O)(=O)C2CC2)n1)N1CCc2c(cccc2Nc2ccc(C(F)(F)F)cn2)C1. The molecule has 2 N–H and O–H groups in total. The molecule has 0 bridgehead atoms. The van der Waals surface area contributed by atoms with Crippen molar-refractivity contribution in [3.8, 4) is 0 Å². The van der Waals surface area contributed by atoms with Gasteiger partial charge in [-0.1, -0.05) is 12.1 Å². The van der Waals surface area contributed by atoms with E-state index in [1.807, 2.05) is 6.07 Å². The number of halogens is 3. The van der Waals surface area contributed by atoms with Gasteiger partial charge in [-0.2, -0.15) is 13.2 Å². The molecular formula is C22H20F3N5O3S. The molecular weight excluding hydrogens is 471 g/mol. The predicted molar refractivity (Wildman–Crippen MR) is 116 cm³/mol. The van der Waals surface area contributed by atoms with Crippen LogP contribution < -0.4 is 5.32 Å². The molecule has 3 aromatic rings. The lowest BCUT2D eigenvalue weighted by Crippen LogP contribution is -2.36. The van der Waals surface area contributed by atoms with Crippen molar-refractivity contribution in [2.45, 2.75) is 42.4 Å². The van der Waals surface area contributed by atoms with Gasteiger partial charge in [-0.3, -0.25) is 4.79 Å². The minimum absolute atomic E-state index is 0.0471. The Morgan fingerprint density at radius 3 is 2.65 bits per heavy atom. The number of anilines is 2. The van der Waals surface area contributed by atoms with Crippen LogP contribution in [0.4, 0.5) is 24.7 Å². The maximum atomic E-state index is 13.0. The third-order valence-corrected chi connectivity index (χ3v) is 8.01. The maximum Gasteiger partial charge on any atom is 0.417 e. The topological polar surface area (TPSA) is 108 Å². The third kappa shape index (κ3) is 4.25. The zero-order chi connectivity index (χ0) is 24.1. The number of carbonyl (C=O) groups excluding carboxylic acids is 1. The lowest BCUT2D eigenvalue weighted by Gasteiger charge is -2.29. The summed E-state index contributed by atoms with van der Waals surface area (Å²) in [6.07, 6.45) is -0.643. The van der Waals surface area contributed by atoms with Gasteiger partial charge in [0.05, 0.1) is 10.8 Å². The Morgan fingerprint density at radius 1 is 1.18 bits per heavy atom. The van der Waals surface area contributed by atoms with Gasteiger partial charge >= 0.3 is 6.18 Å². The van der Waals surface area contributed by atoms with E-state index in [4.69, 9.17) is 0 Å². The molecule has 1 amide bonds. The highest BCUT2D eigenvalue weighted by molar-refractivity contribution is 7.92. The molecule has 1 aliphatic heterocycles. The molecule has 5 rings (SSSR count). The summed E-state index contributed by atoms with van der Waals surface area (Å²) in [6, 6.07) is 7.69. The number of sulfone groups is 1. The van der Waals surface area contributed by atoms with Gasteiger partial charge in [0.25, 0.3) is 5.91 Å². The summed E-state index contributed by atoms with van der Waals surface area (Å²) in [5.41, 5.74) is 1.74. The van der Waals surface area contributed by atoms with Crippen molar-refractivity contribution in [1.29, 1.82) is 0 Å². The lowest BCUT2D eigenvalue weighted by molar-refractivity contribution is -0.137. The molecule has 0 atom stereocenters. The number of carbonyl (C=O) groups is 1. The number of aromatic amines is 1. The van der Waals surface area contributed by atoms with Gasteiger partial charge in [-0.05, 0) is 48.6 Å². The number of nitrogens with zero attached hydrogens (tertiary/aromatic N) is 3. The number of pyridine rings is 1. The Kier molecular flexibility index (Phi) is 5.34. The van der Waals surface area contributed by atoms with E-state index >= 15 is 0 Å². The van der Waals surface area contributed by atoms with E-state index in [0.29, 0.717) is 38.0 Å². The van der Waals surface area contributed by atoms with E-state index in [-0.39, 0.29) is 22.6 Å². The predicted octanol–water partition coefficient (Wildman–Crippen LogP) is 3.70. The molecule has 34 heavy (non-hydrogen) atoms. The quantitative estimate of drug-likeness (QED) is 0.564. The number of benzene rings is 1. The fraction of sp³-hybridized carbons (Fsp3) is 0.318. The van der Waals surface area contributed by atoms with Crippen LogP contribution in [0.5, 0.6) is 0 Å². The van der Waals surface area contributed by atoms with E-state index in [9.17, 15) is 26.4 Å². The zero-order valence-corrected chi connectivity index (χ0v) is 18.6. The van der Waals surface area contributed by atoms with Crippen LogP contribution in [0.25, 0.3) is 0 Å². The van der Waals surface area contributed by atoms with E-state index in [1.165, 1.54) is 12.3 Å². The first-order valence-corrected chi connectivity index (χ1v) is 12.2. The second-order valence-corrected chi connectivity index (χ2v) is 10.5. The summed E-state index contributed by atoms with van der Waals surface area (Å²) in [5, 5.41) is 2.46. The highest BCUT2D eigenvalue weighted by Gasteiger charge is 2.39. The minimum Gasteiger partial charge on any atom is -0.340 e. The van der Waals surface area contributed by atoms with Crippen LogP contribution in [-0.2, 0) is 29.0 Å². The summed E-state index contributed by atoms with van der Waals surface area (Å²) in [5.74, 6) is -0.0947. The number of nitrogens with one attached hydrogen (secondary N) is 2. The van der Waals surface area contributed by atoms with Crippen LogP contribution in [0.3, 0.4) is 0 Å². The number of hydrogen-bond donors (Lipinski definition) is 2. The maximum absolute atomic E-state index is 13.0. The largest absolute Gasteiger partial charge is 0.417 e. The second kappa shape index (κ2) is 8.12. The van der Waals surface area contributed by atoms with Gasteiger partial charge in [0.1, 0.15) is 11.5 Å². The van der Waals surface area contributed by atoms with Crippen molar-refractivity contribution in [2.75, 3.05) is 11.9 Å². The number of amides is 1. The Labute approximate surface area is 193 Å². The van der Waals surface area contributed by atoms with Gasteiger partial charge < -0.3 is 15.2 Å². The number of rotatable bonds is 5. The summed E-state index contributed by atoms with van der Waals surface area (Å²) in [4.78, 5) is 25.1. The molecule has 2 aromatic heterocycles. The monoisotopic (exact) mass is 491 g/mol. The summed E-state index contributed by atoms with van der Waals surface area (Å²) in [6.45, 7) is 0.671. The number of alkyl halides is 3. The lowest BCUT2D eigenvalue weighted by atomic mass is 9.97. The smallest absolute Gasteiger partial charge is 0.340 e. The highest BCUT2D eigenvalue weighted by Crippen LogP contribution is 2.33. The van der Waals surface area contributed by atoms with Gasteiger partial charge in [-0.25, -0.2) is 18.4 Å². The van der Waals surface area contributed by atoms with Crippen LogP contribution in [0.1, 0.15) is 40.0 Å². The first kappa shape index (κ1) is 22.4. The Morgan fingerprint density at radius 2 is 1.97 bits per heavy atom. The number of imidazole rings is 1. The summed E-state index contributed by atoms with van der Waals surface area (Å²) >= 11 is 0. The van der Waals surface area contributed by atoms with Crippen LogP contribution in [-0.4, -0.2) is 46.0 Å². The first-order valence-electron chi connectivity index (χ1n) is 10.6. The van der Waals surface area contributed by atoms with Crippen molar-refractivity contribution in [2.24, 2.45) is 0 Å². The van der Waals surface area contributed by atoms with E-state index in [0.717, 1.165) is 23.4 Å². The number of aromatic nitrogens is 3. The molecule has 0 saturated heterocycles. The van der Waals surface area contributed by atoms with Crippen LogP contribution in [0, 0.1) is 0 Å². The standard InChI is InChI=1S/C22H20F3N5O3S/c23-22(24,25)14-4-7-19(26-10-14)28-17-3-1-2-13-12-30(9-8-16(13)17)20(31)18-11-27-21(29-18)34(32,33)15-5-6-15/h1-4,7,10-11,15H,5-6,8-9,12H2,(H,26,28)(H,27,29). The van der Waals surface area contributed by atoms with Crippen molar-refractivity contribution in [1.82, 2.24) is 19.9 Å². The number of H-pyrrole nitrogens is 1. The molecule has 3 heterocycles. The van der Waals surface area contributed by atoms with Gasteiger partial charge in [0.2, 0.25) is 15.0 Å². The van der Waals surface area contributed by atoms with Crippen molar-refractivity contribution in [3.05, 3.63) is 65.1 Å². The summed E-state index contributed by atoms with van der Waals surface area (Å²) < 4.78 is 63.0. The molecule has 8 nitrogen and oxygen atoms in total. The number of hydrogen-bond acceptors (Lipinski definition) is 6. The Balaban J connectivity index is 1.31. The van der Waals surface area contributed by atoms with Crippen LogP contribution in [0.2, 0.25) is 0 Å². The van der Waals surface area contributed by atoms with E-state index in [1.54, 1.807) is 17.0 Å². The van der Waals surface area contributed by atoms with Crippen molar-refractivity contribution in [3.63, 3.8) is 0 Å². The molecule has 2 aliphatic rings. The van der Waals surface area contributed by atoms with E-state index in [2.05, 4.69) is 20.3 Å². The third-order valence-electron chi connectivity index (χ3n) is 5.91. The molecule has 0 unspecified atom stereocenters. The van der Waals surface area contributed by atoms with Crippen molar-refractivity contribution >= 4 is 27.2 Å². The molecule has 1 aromatic carbocycles. The zero-order valence-electron chi connectivity index (χ0n) is 17.8. The second-order valence-electron chi connectivity index (χ2n) is 8.31. The molecule has 178 valence electrons. The average molecular weight is 491 g/mol. The molecule has 0 spiro atoms. The van der Waals surface area contributed by atoms with Crippen LogP contribution >= 0.6 is 0 Å². The molecule has 1 aliphatic carbocycles. The van der Waals surface area contributed by atoms with Gasteiger partial charge in [-0.15, -0.1) is 0 Å². The molecule has 1 fully saturated rings. The first-order chi connectivity index (χ1) is 16.1. The van der Waals surface area contributed by atoms with Crippen LogP contribution in [0.15, 0.2) is 47.9 Å². The molecule has 12 heteroatoms. The highest BCUT2D eigenvalue weighted by atomic mass is 32.2. The Hall–Kier alpha value is -3.41. The fourth-order valence-corrected chi connectivity index (χ4v) is 5.45. The minimum atomic E-state index is -4.45. The van der Waals surface area contributed by atoms with Gasteiger partial charge in [0, 0.05) is 31.2 Å². The molecule has 0 radical (unpaired) electrons. The molecule has 1 saturated carbocycles. The van der Waals surface area contributed by atoms with Gasteiger partial charge in [0.15, 0.2) is 0 Å². The average Bonchev–Trinajstić information content (AvgIpc) is 3.55. The van der Waals surface area contributed by atoms with Crippen molar-refractivity contribution < 1.29 is 26.4 Å². The van der Waals surface area contributed by atoms with E-state index < -0.39 is 26.8 Å². The Bertz CT molecular complexity index is 1350. The fourth-order valence-electron chi connectivity index (χ4n) is 3.93.